The van der Waals surface area contributed by atoms with Gasteiger partial charge in [0, 0.05) is 11.5 Å². The third-order valence-corrected chi connectivity index (χ3v) is 7.27. The van der Waals surface area contributed by atoms with Crippen LogP contribution in [0.3, 0.4) is 0 Å². The first-order valence-electron chi connectivity index (χ1n) is 15.5. The molecule has 6 rings (SSSR count). The Morgan fingerprint density at radius 1 is 0.913 bits per heavy atom. The summed E-state index contributed by atoms with van der Waals surface area (Å²) in [5.41, 5.74) is 9.75. The zero-order valence-corrected chi connectivity index (χ0v) is 26.8. The molecular weight excluding hydrogens is 584 g/mol. The van der Waals surface area contributed by atoms with Crippen LogP contribution in [0.2, 0.25) is 0 Å². The number of amides is 1. The molecule has 1 fully saturated rings. The zero-order valence-electron chi connectivity index (χ0n) is 26.8. The Hall–Kier alpha value is -4.32. The van der Waals surface area contributed by atoms with Crippen molar-refractivity contribution in [2.24, 2.45) is 16.8 Å². The molecule has 10 nitrogen and oxygen atoms in total. The lowest BCUT2D eigenvalue weighted by molar-refractivity contribution is -0.201. The van der Waals surface area contributed by atoms with E-state index in [0.717, 1.165) is 16.7 Å². The molecule has 46 heavy (non-hydrogen) atoms. The normalized spacial score (nSPS) is 21.3. The van der Waals surface area contributed by atoms with Crippen molar-refractivity contribution in [2.75, 3.05) is 13.2 Å². The van der Waals surface area contributed by atoms with Crippen LogP contribution in [-0.2, 0) is 34.1 Å². The maximum Gasteiger partial charge on any atom is 0.255 e. The summed E-state index contributed by atoms with van der Waals surface area (Å²) < 4.78 is 11.8. The molecule has 6 N–H and O–H groups in total. The lowest BCUT2D eigenvalue weighted by Crippen LogP contribution is -2.44. The smallest absolute Gasteiger partial charge is 0.255 e. The van der Waals surface area contributed by atoms with E-state index < -0.39 is 5.79 Å². The number of fused-ring (bicyclic) bond motifs is 2. The quantitative estimate of drug-likeness (QED) is 0.261. The van der Waals surface area contributed by atoms with E-state index in [9.17, 15) is 9.90 Å². The average Bonchev–Trinajstić information content (AvgIpc) is 3.34. The van der Waals surface area contributed by atoms with Crippen molar-refractivity contribution >= 4 is 11.9 Å². The van der Waals surface area contributed by atoms with Crippen molar-refractivity contribution in [1.82, 2.24) is 10.3 Å². The predicted octanol–water partition coefficient (Wildman–Crippen LogP) is 4.19. The van der Waals surface area contributed by atoms with Crippen LogP contribution in [0.15, 0.2) is 120 Å². The van der Waals surface area contributed by atoms with Crippen LogP contribution in [0.1, 0.15) is 43.9 Å². The van der Waals surface area contributed by atoms with Gasteiger partial charge in [0.05, 0.1) is 44.8 Å². The van der Waals surface area contributed by atoms with Gasteiger partial charge in [-0.15, -0.1) is 5.10 Å². The minimum Gasteiger partial charge on any atom is -0.392 e. The molecule has 3 aliphatic rings. The van der Waals surface area contributed by atoms with E-state index in [1.165, 1.54) is 5.01 Å². The molecule has 2 unspecified atom stereocenters. The highest BCUT2D eigenvalue weighted by Crippen LogP contribution is 2.42. The van der Waals surface area contributed by atoms with E-state index in [-0.39, 0.29) is 43.6 Å². The number of carbonyl (C=O) groups excluding carboxylic acids is 1. The molecule has 3 atom stereocenters. The van der Waals surface area contributed by atoms with Gasteiger partial charge in [-0.25, -0.2) is 0 Å². The highest BCUT2D eigenvalue weighted by Gasteiger charge is 2.50. The SMILES string of the molecule is CC.CC1CC(COCc2ccccc2)O[C@@]1(O)C1=CC=C2CN1N=C(N)NC2=O.OCc1ccccc1.OCc1ccccc1. The van der Waals surface area contributed by atoms with Crippen molar-refractivity contribution in [3.63, 3.8) is 0 Å². The van der Waals surface area contributed by atoms with E-state index >= 15 is 0 Å². The molecule has 3 aromatic rings. The van der Waals surface area contributed by atoms with E-state index in [1.54, 1.807) is 12.2 Å². The van der Waals surface area contributed by atoms with E-state index in [4.69, 9.17) is 25.4 Å². The monoisotopic (exact) mass is 630 g/mol. The number of carbonyl (C=O) groups is 1. The Morgan fingerprint density at radius 3 is 1.93 bits per heavy atom. The number of hydrogen-bond acceptors (Lipinski definition) is 9. The van der Waals surface area contributed by atoms with Gasteiger partial charge in [-0.2, -0.15) is 0 Å². The molecule has 0 saturated carbocycles. The minimum atomic E-state index is -1.53. The van der Waals surface area contributed by atoms with Crippen LogP contribution >= 0.6 is 0 Å². The predicted molar refractivity (Wildman–Crippen MR) is 178 cm³/mol. The summed E-state index contributed by atoms with van der Waals surface area (Å²) in [6, 6.07) is 29.0. The van der Waals surface area contributed by atoms with Crippen LogP contribution in [-0.4, -0.2) is 57.2 Å². The fourth-order valence-corrected chi connectivity index (χ4v) is 4.89. The number of benzene rings is 3. The fraction of sp³-hybridized carbons (Fsp3) is 0.333. The fourth-order valence-electron chi connectivity index (χ4n) is 4.89. The number of hydrazone groups is 1. The van der Waals surface area contributed by atoms with Crippen molar-refractivity contribution in [1.29, 1.82) is 0 Å². The molecule has 0 radical (unpaired) electrons. The maximum atomic E-state index is 12.0. The highest BCUT2D eigenvalue weighted by molar-refractivity contribution is 6.06. The number of aliphatic hydroxyl groups is 3. The van der Waals surface area contributed by atoms with Crippen LogP contribution in [0.4, 0.5) is 0 Å². The second-order valence-electron chi connectivity index (χ2n) is 10.6. The van der Waals surface area contributed by atoms with Crippen LogP contribution < -0.4 is 11.1 Å². The molecular formula is C36H46N4O6. The molecule has 0 spiro atoms. The Labute approximate surface area is 271 Å². The first kappa shape index (κ1) is 36.2. The molecule has 3 aromatic carbocycles. The number of aliphatic hydroxyl groups excluding tert-OH is 2. The van der Waals surface area contributed by atoms with Crippen molar-refractivity contribution in [3.8, 4) is 0 Å². The van der Waals surface area contributed by atoms with Crippen molar-refractivity contribution < 1.29 is 29.6 Å². The lowest BCUT2D eigenvalue weighted by atomic mass is 9.93. The second kappa shape index (κ2) is 18.6. The molecule has 3 aliphatic heterocycles. The molecule has 246 valence electrons. The van der Waals surface area contributed by atoms with Gasteiger partial charge in [-0.1, -0.05) is 112 Å². The minimum absolute atomic E-state index is 0.0156. The number of rotatable bonds is 7. The van der Waals surface area contributed by atoms with Crippen molar-refractivity contribution in [3.05, 3.63) is 131 Å². The Morgan fingerprint density at radius 2 is 1.43 bits per heavy atom. The van der Waals surface area contributed by atoms with Gasteiger partial charge in [0.1, 0.15) is 0 Å². The first-order chi connectivity index (χ1) is 22.3. The summed E-state index contributed by atoms with van der Waals surface area (Å²) in [5, 5.41) is 36.6. The number of allylic oxidation sites excluding steroid dienone is 2. The summed E-state index contributed by atoms with van der Waals surface area (Å²) in [4.78, 5) is 12.0. The zero-order chi connectivity index (χ0) is 33.4. The topological polar surface area (TPSA) is 150 Å². The third kappa shape index (κ3) is 10.4. The maximum absolute atomic E-state index is 12.0. The molecule has 1 amide bonds. The summed E-state index contributed by atoms with van der Waals surface area (Å²) >= 11 is 0. The number of nitrogens with zero attached hydrogens (tertiary/aromatic N) is 2. The van der Waals surface area contributed by atoms with Gasteiger partial charge >= 0.3 is 0 Å². The molecule has 3 heterocycles. The van der Waals surface area contributed by atoms with Crippen LogP contribution in [0.5, 0.6) is 0 Å². The number of guanidine groups is 1. The molecule has 10 heteroatoms. The number of nitrogens with one attached hydrogen (secondary N) is 1. The molecule has 2 bridgehead atoms. The van der Waals surface area contributed by atoms with Crippen LogP contribution in [0, 0.1) is 5.92 Å². The van der Waals surface area contributed by atoms with Gasteiger partial charge in [0.2, 0.25) is 11.7 Å². The summed E-state index contributed by atoms with van der Waals surface area (Å²) in [6.07, 6.45) is 3.74. The van der Waals surface area contributed by atoms with E-state index in [0.29, 0.717) is 30.9 Å². The Kier molecular flexibility index (Phi) is 14.6. The first-order valence-corrected chi connectivity index (χ1v) is 15.5. The number of nitrogens with two attached hydrogens (primary N) is 1. The molecule has 0 aromatic heterocycles. The van der Waals surface area contributed by atoms with Crippen LogP contribution in [0.25, 0.3) is 0 Å². The standard InChI is InChI=1S/C20H24N4O4.2C7H8O.C2H6/c1-13-9-16(12-27-11-14-5-3-2-4-6-14)28-20(13,26)17-8-7-15-10-24(17)23-19(21)22-18(15)25;2*8-6-7-4-2-1-3-5-7;1-2/h2-8,13,16,26H,9-12H2,1H3,(H3,21,22,23,25);2*1-5,8H,6H2;1-2H3/t13?,16?,20-;;;/m1.../s1. The van der Waals surface area contributed by atoms with E-state index in [2.05, 4.69) is 10.4 Å². The summed E-state index contributed by atoms with van der Waals surface area (Å²) in [7, 11) is 0. The van der Waals surface area contributed by atoms with Gasteiger partial charge < -0.3 is 30.5 Å². The summed E-state index contributed by atoms with van der Waals surface area (Å²) in [5.74, 6) is -2.01. The van der Waals surface area contributed by atoms with Gasteiger partial charge in [0.25, 0.3) is 5.91 Å². The van der Waals surface area contributed by atoms with Crippen molar-refractivity contribution in [2.45, 2.75) is 58.9 Å². The van der Waals surface area contributed by atoms with E-state index in [1.807, 2.05) is 112 Å². The molecule has 0 aliphatic carbocycles. The number of hydrogen-bond donors (Lipinski definition) is 5. The number of ether oxygens (including phenoxy) is 2. The Bertz CT molecular complexity index is 1390. The molecule has 1 saturated heterocycles. The average molecular weight is 631 g/mol. The second-order valence-corrected chi connectivity index (χ2v) is 10.6. The highest BCUT2D eigenvalue weighted by atomic mass is 16.6. The van der Waals surface area contributed by atoms with Gasteiger partial charge in [-0.05, 0) is 35.3 Å². The van der Waals surface area contributed by atoms with Gasteiger partial charge in [0.15, 0.2) is 0 Å². The summed E-state index contributed by atoms with van der Waals surface area (Å²) in [6.45, 7) is 7.30. The van der Waals surface area contributed by atoms with Gasteiger partial charge in [-0.3, -0.25) is 15.1 Å². The Balaban J connectivity index is 0.000000260. The largest absolute Gasteiger partial charge is 0.392 e. The third-order valence-electron chi connectivity index (χ3n) is 7.27. The lowest BCUT2D eigenvalue weighted by Gasteiger charge is -2.36.